The topological polar surface area (TPSA) is 142 Å². The van der Waals surface area contributed by atoms with Crippen molar-refractivity contribution in [3.8, 4) is 17.1 Å². The second kappa shape index (κ2) is 6.65. The lowest BCUT2D eigenvalue weighted by atomic mass is 10.2. The number of methoxy groups -OCH3 is 1. The highest BCUT2D eigenvalue weighted by Crippen LogP contribution is 2.28. The van der Waals surface area contributed by atoms with Gasteiger partial charge in [0.25, 0.3) is 5.56 Å². The Labute approximate surface area is 152 Å². The van der Waals surface area contributed by atoms with Gasteiger partial charge in [-0.1, -0.05) is 0 Å². The zero-order valence-electron chi connectivity index (χ0n) is 14.4. The number of imidazole rings is 1. The van der Waals surface area contributed by atoms with E-state index >= 15 is 0 Å². The Morgan fingerprint density at radius 3 is 2.89 bits per heavy atom. The van der Waals surface area contributed by atoms with Crippen molar-refractivity contribution >= 4 is 11.0 Å². The van der Waals surface area contributed by atoms with Crippen LogP contribution in [0.4, 0.5) is 0 Å². The number of nitrogens with zero attached hydrogens (tertiary/aromatic N) is 2. The minimum Gasteiger partial charge on any atom is -0.497 e. The maximum Gasteiger partial charge on any atom is 0.330 e. The highest BCUT2D eigenvalue weighted by Gasteiger charge is 2.35. The second-order valence-corrected chi connectivity index (χ2v) is 6.29. The zero-order chi connectivity index (χ0) is 19.1. The molecule has 1 aromatic carbocycles. The molecule has 2 aromatic heterocycles. The van der Waals surface area contributed by atoms with Gasteiger partial charge in [0.1, 0.15) is 23.9 Å². The van der Waals surface area contributed by atoms with Crippen molar-refractivity contribution in [2.45, 2.75) is 24.9 Å². The summed E-state index contributed by atoms with van der Waals surface area (Å²) in [6, 6.07) is 5.25. The highest BCUT2D eigenvalue weighted by atomic mass is 16.5. The van der Waals surface area contributed by atoms with E-state index in [1.165, 1.54) is 10.8 Å². The van der Waals surface area contributed by atoms with Gasteiger partial charge >= 0.3 is 5.69 Å². The molecule has 27 heavy (non-hydrogen) atoms. The summed E-state index contributed by atoms with van der Waals surface area (Å²) >= 11 is 0. The quantitative estimate of drug-likeness (QED) is 0.492. The van der Waals surface area contributed by atoms with E-state index in [9.17, 15) is 19.8 Å². The van der Waals surface area contributed by atoms with Crippen molar-refractivity contribution in [1.82, 2.24) is 19.5 Å². The van der Waals surface area contributed by atoms with E-state index in [2.05, 4.69) is 15.0 Å². The number of fused-ring (bicyclic) bond motifs is 1. The molecule has 10 nitrogen and oxygen atoms in total. The van der Waals surface area contributed by atoms with Crippen molar-refractivity contribution in [1.29, 1.82) is 0 Å². The molecule has 3 atom stereocenters. The van der Waals surface area contributed by atoms with Crippen LogP contribution in [-0.2, 0) is 4.74 Å². The van der Waals surface area contributed by atoms with E-state index in [-0.39, 0.29) is 24.4 Å². The molecule has 4 rings (SSSR count). The van der Waals surface area contributed by atoms with Crippen LogP contribution in [0.25, 0.3) is 22.4 Å². The molecule has 1 saturated heterocycles. The van der Waals surface area contributed by atoms with Gasteiger partial charge in [-0.3, -0.25) is 14.3 Å². The molecule has 1 aliphatic rings. The Balaban J connectivity index is 1.78. The van der Waals surface area contributed by atoms with Crippen molar-refractivity contribution < 1.29 is 19.7 Å². The monoisotopic (exact) mass is 374 g/mol. The van der Waals surface area contributed by atoms with E-state index in [4.69, 9.17) is 9.47 Å². The predicted molar refractivity (Wildman–Crippen MR) is 94.6 cm³/mol. The number of aromatic nitrogens is 4. The van der Waals surface area contributed by atoms with E-state index in [1.807, 2.05) is 0 Å². The predicted octanol–water partition coefficient (Wildman–Crippen LogP) is -0.271. The first-order chi connectivity index (χ1) is 13.0. The number of H-pyrrole nitrogens is 2. The molecule has 142 valence electrons. The standard InChI is InChI=1S/C17H18N4O6/c1-26-8-2-3-10-11(4-8)19-15(18-10)9-6-21(17(25)20-16(9)24)14-5-12(23)13(7-22)27-14/h2-4,6,12-14,22-23H,5,7H2,1H3,(H,18,19)(H,20,24,25)/t12-,13+,14+/m0/s1. The molecule has 1 fully saturated rings. The van der Waals surface area contributed by atoms with Crippen LogP contribution < -0.4 is 16.0 Å². The minimum absolute atomic E-state index is 0.119. The summed E-state index contributed by atoms with van der Waals surface area (Å²) in [5, 5.41) is 19.1. The van der Waals surface area contributed by atoms with Crippen molar-refractivity contribution in [3.63, 3.8) is 0 Å². The number of benzene rings is 1. The molecule has 4 N–H and O–H groups in total. The van der Waals surface area contributed by atoms with E-state index in [0.29, 0.717) is 16.8 Å². The smallest absolute Gasteiger partial charge is 0.330 e. The molecule has 10 heteroatoms. The lowest BCUT2D eigenvalue weighted by Crippen LogP contribution is -2.33. The molecule has 3 heterocycles. The third-order valence-electron chi connectivity index (χ3n) is 4.61. The van der Waals surface area contributed by atoms with Gasteiger partial charge < -0.3 is 24.7 Å². The lowest BCUT2D eigenvalue weighted by molar-refractivity contribution is -0.0458. The van der Waals surface area contributed by atoms with Crippen LogP contribution in [0.1, 0.15) is 12.6 Å². The Kier molecular flexibility index (Phi) is 4.30. The molecule has 0 bridgehead atoms. The normalized spacial score (nSPS) is 22.4. The number of ether oxygens (including phenoxy) is 2. The Morgan fingerprint density at radius 2 is 2.19 bits per heavy atom. The summed E-state index contributed by atoms with van der Waals surface area (Å²) in [6.07, 6.45) is -1.03. The van der Waals surface area contributed by atoms with Gasteiger partial charge in [0.05, 0.1) is 36.4 Å². The average molecular weight is 374 g/mol. The summed E-state index contributed by atoms with van der Waals surface area (Å²) < 4.78 is 11.9. The van der Waals surface area contributed by atoms with Gasteiger partial charge in [0, 0.05) is 18.7 Å². The van der Waals surface area contributed by atoms with Gasteiger partial charge in [-0.05, 0) is 12.1 Å². The van der Waals surface area contributed by atoms with Gasteiger partial charge in [-0.25, -0.2) is 9.78 Å². The summed E-state index contributed by atoms with van der Waals surface area (Å²) in [5.41, 5.74) is 0.192. The van der Waals surface area contributed by atoms with Crippen LogP contribution in [-0.4, -0.2) is 55.7 Å². The Hall–Kier alpha value is -2.95. The molecule has 0 saturated carbocycles. The number of hydrogen-bond acceptors (Lipinski definition) is 7. The van der Waals surface area contributed by atoms with Crippen LogP contribution in [0.2, 0.25) is 0 Å². The SMILES string of the molecule is COc1ccc2nc(-c3cn([C@H]4C[C@H](O)[C@@H](CO)O4)c(=O)[nH]c3=O)[nH]c2c1. The molecule has 0 spiro atoms. The zero-order valence-corrected chi connectivity index (χ0v) is 14.4. The van der Waals surface area contributed by atoms with E-state index < -0.39 is 29.7 Å². The van der Waals surface area contributed by atoms with Crippen LogP contribution in [0.15, 0.2) is 34.0 Å². The number of aliphatic hydroxyl groups is 2. The number of rotatable bonds is 4. The molecule has 0 amide bonds. The third kappa shape index (κ3) is 3.03. The van der Waals surface area contributed by atoms with Crippen molar-refractivity contribution in [2.75, 3.05) is 13.7 Å². The molecule has 0 unspecified atom stereocenters. The van der Waals surface area contributed by atoms with E-state index in [1.54, 1.807) is 25.3 Å². The van der Waals surface area contributed by atoms with Gasteiger partial charge in [-0.2, -0.15) is 0 Å². The number of hydrogen-bond donors (Lipinski definition) is 4. The Bertz CT molecular complexity index is 1100. The summed E-state index contributed by atoms with van der Waals surface area (Å²) in [4.78, 5) is 34.2. The molecular formula is C17H18N4O6. The number of aromatic amines is 2. The summed E-state index contributed by atoms with van der Waals surface area (Å²) in [6.45, 7) is -0.367. The Morgan fingerprint density at radius 1 is 1.37 bits per heavy atom. The first kappa shape index (κ1) is 17.5. The molecule has 0 radical (unpaired) electrons. The van der Waals surface area contributed by atoms with Crippen LogP contribution in [0.3, 0.4) is 0 Å². The number of aliphatic hydroxyl groups excluding tert-OH is 2. The lowest BCUT2D eigenvalue weighted by Gasteiger charge is -2.14. The largest absolute Gasteiger partial charge is 0.497 e. The van der Waals surface area contributed by atoms with Gasteiger partial charge in [0.15, 0.2) is 0 Å². The number of nitrogens with one attached hydrogen (secondary N) is 2. The first-order valence-electron chi connectivity index (χ1n) is 8.34. The average Bonchev–Trinajstić information content (AvgIpc) is 3.24. The van der Waals surface area contributed by atoms with Gasteiger partial charge in [0.2, 0.25) is 0 Å². The van der Waals surface area contributed by atoms with Gasteiger partial charge in [-0.15, -0.1) is 0 Å². The van der Waals surface area contributed by atoms with Crippen LogP contribution in [0, 0.1) is 0 Å². The second-order valence-electron chi connectivity index (χ2n) is 6.29. The summed E-state index contributed by atoms with van der Waals surface area (Å²) in [7, 11) is 1.55. The minimum atomic E-state index is -0.902. The maximum absolute atomic E-state index is 12.3. The van der Waals surface area contributed by atoms with E-state index in [0.717, 1.165) is 0 Å². The fraction of sp³-hybridized carbons (Fsp3) is 0.353. The van der Waals surface area contributed by atoms with Crippen LogP contribution >= 0.6 is 0 Å². The highest BCUT2D eigenvalue weighted by molar-refractivity contribution is 5.80. The molecule has 1 aliphatic heterocycles. The summed E-state index contributed by atoms with van der Waals surface area (Å²) in [5.74, 6) is 0.922. The fourth-order valence-electron chi connectivity index (χ4n) is 3.16. The maximum atomic E-state index is 12.3. The van der Waals surface area contributed by atoms with Crippen molar-refractivity contribution in [3.05, 3.63) is 45.2 Å². The molecular weight excluding hydrogens is 356 g/mol. The molecule has 0 aliphatic carbocycles. The molecule has 3 aromatic rings. The van der Waals surface area contributed by atoms with Crippen LogP contribution in [0.5, 0.6) is 5.75 Å². The fourth-order valence-corrected chi connectivity index (χ4v) is 3.16. The first-order valence-corrected chi connectivity index (χ1v) is 8.34. The van der Waals surface area contributed by atoms with Crippen molar-refractivity contribution in [2.24, 2.45) is 0 Å². The third-order valence-corrected chi connectivity index (χ3v) is 4.61.